The second kappa shape index (κ2) is 18.4. The van der Waals surface area contributed by atoms with Gasteiger partial charge < -0.3 is 54.7 Å². The van der Waals surface area contributed by atoms with Crippen molar-refractivity contribution in [3.05, 3.63) is 41.0 Å². The van der Waals surface area contributed by atoms with Crippen molar-refractivity contribution in [2.24, 2.45) is 5.92 Å². The van der Waals surface area contributed by atoms with Crippen LogP contribution in [0.2, 0.25) is 0 Å². The number of aromatic hydroxyl groups is 2. The molecular weight excluding hydrogens is 636 g/mol. The predicted molar refractivity (Wildman–Crippen MR) is 177 cm³/mol. The molecule has 2 aliphatic rings. The van der Waals surface area contributed by atoms with Gasteiger partial charge in [0, 0.05) is 23.5 Å². The van der Waals surface area contributed by atoms with Crippen LogP contribution in [0.5, 0.6) is 28.7 Å². The number of methoxy groups -OCH3 is 1. The van der Waals surface area contributed by atoms with Crippen molar-refractivity contribution in [1.82, 2.24) is 0 Å². The SMILES string of the molecule is COc1cc(C[C@@H]2[C@H](O)CSS[C@@H](CCO)c3cc(O)c(OC4CCCCC4)cc3CC[C@H](OCO)C[C@H]2O)cc(OCO)c1O. The van der Waals surface area contributed by atoms with Gasteiger partial charge in [0.1, 0.15) is 6.79 Å². The minimum atomic E-state index is -1.03. The Balaban J connectivity index is 1.63. The average Bonchev–Trinajstić information content (AvgIpc) is 3.05. The molecule has 0 amide bonds. The number of rotatable bonds is 11. The predicted octanol–water partition coefficient (Wildman–Crippen LogP) is 4.20. The summed E-state index contributed by atoms with van der Waals surface area (Å²) >= 11 is 0. The molecule has 13 heteroatoms. The van der Waals surface area contributed by atoms with E-state index in [9.17, 15) is 35.7 Å². The largest absolute Gasteiger partial charge is 0.504 e. The summed E-state index contributed by atoms with van der Waals surface area (Å²) in [5.41, 5.74) is 2.40. The Kier molecular flexibility index (Phi) is 14.7. The van der Waals surface area contributed by atoms with E-state index in [1.54, 1.807) is 12.1 Å². The van der Waals surface area contributed by atoms with E-state index in [0.717, 1.165) is 36.8 Å². The van der Waals surface area contributed by atoms with E-state index in [2.05, 4.69) is 0 Å². The zero-order valence-corrected chi connectivity index (χ0v) is 27.9. The van der Waals surface area contributed by atoms with Gasteiger partial charge in [0.2, 0.25) is 5.75 Å². The van der Waals surface area contributed by atoms with Gasteiger partial charge in [-0.05, 0) is 98.7 Å². The molecule has 0 spiro atoms. The van der Waals surface area contributed by atoms with Crippen molar-refractivity contribution in [2.45, 2.75) is 93.9 Å². The van der Waals surface area contributed by atoms with Crippen LogP contribution in [0.25, 0.3) is 0 Å². The number of hydrogen-bond acceptors (Lipinski definition) is 13. The molecule has 46 heavy (non-hydrogen) atoms. The molecule has 5 atom stereocenters. The van der Waals surface area contributed by atoms with Gasteiger partial charge >= 0.3 is 0 Å². The molecule has 1 fully saturated rings. The second-order valence-electron chi connectivity index (χ2n) is 11.9. The maximum absolute atomic E-state index is 11.5. The molecule has 7 N–H and O–H groups in total. The monoisotopic (exact) mass is 684 g/mol. The maximum atomic E-state index is 11.5. The van der Waals surface area contributed by atoms with Crippen LogP contribution in [0, 0.1) is 5.92 Å². The second-order valence-corrected chi connectivity index (χ2v) is 14.5. The Morgan fingerprint density at radius 3 is 2.30 bits per heavy atom. The van der Waals surface area contributed by atoms with Crippen molar-refractivity contribution in [3.63, 3.8) is 0 Å². The van der Waals surface area contributed by atoms with Crippen LogP contribution in [-0.2, 0) is 17.6 Å². The molecule has 0 radical (unpaired) electrons. The first kappa shape index (κ1) is 36.7. The highest BCUT2D eigenvalue weighted by molar-refractivity contribution is 8.76. The van der Waals surface area contributed by atoms with E-state index in [-0.39, 0.29) is 59.6 Å². The number of aryl methyl sites for hydroxylation is 1. The number of phenolic OH excluding ortho intramolecular Hbond substituents is 2. The lowest BCUT2D eigenvalue weighted by Crippen LogP contribution is -2.38. The highest BCUT2D eigenvalue weighted by atomic mass is 33.1. The topological polar surface area (TPSA) is 179 Å². The summed E-state index contributed by atoms with van der Waals surface area (Å²) in [5.74, 6) is -0.0776. The molecule has 0 unspecified atom stereocenters. The molecule has 2 aromatic rings. The quantitative estimate of drug-likeness (QED) is 0.132. The van der Waals surface area contributed by atoms with Crippen LogP contribution in [0.1, 0.15) is 73.3 Å². The number of aliphatic hydroxyl groups is 5. The Labute approximate surface area is 278 Å². The number of phenols is 2. The lowest BCUT2D eigenvalue weighted by atomic mass is 9.85. The lowest BCUT2D eigenvalue weighted by molar-refractivity contribution is -0.0808. The number of ether oxygens (including phenoxy) is 4. The molecule has 0 aromatic heterocycles. The number of aliphatic hydroxyl groups excluding tert-OH is 5. The zero-order valence-electron chi connectivity index (χ0n) is 26.3. The number of benzene rings is 2. The lowest BCUT2D eigenvalue weighted by Gasteiger charge is -2.30. The molecule has 11 nitrogen and oxygen atoms in total. The molecular formula is C33H48O11S2. The van der Waals surface area contributed by atoms with Crippen LogP contribution in [0.15, 0.2) is 24.3 Å². The molecule has 1 aliphatic heterocycles. The van der Waals surface area contributed by atoms with Crippen LogP contribution in [0.4, 0.5) is 0 Å². The number of fused-ring (bicyclic) bond motifs is 1. The van der Waals surface area contributed by atoms with Crippen molar-refractivity contribution in [1.29, 1.82) is 0 Å². The van der Waals surface area contributed by atoms with Gasteiger partial charge in [-0.3, -0.25) is 0 Å². The highest BCUT2D eigenvalue weighted by Crippen LogP contribution is 2.46. The van der Waals surface area contributed by atoms with E-state index < -0.39 is 37.8 Å². The Bertz CT molecular complexity index is 1230. The van der Waals surface area contributed by atoms with E-state index >= 15 is 0 Å². The van der Waals surface area contributed by atoms with E-state index in [0.29, 0.717) is 30.6 Å². The number of hydrogen-bond donors (Lipinski definition) is 7. The third kappa shape index (κ3) is 9.96. The van der Waals surface area contributed by atoms with Crippen LogP contribution >= 0.6 is 21.6 Å². The van der Waals surface area contributed by atoms with Gasteiger partial charge in [0.15, 0.2) is 29.8 Å². The van der Waals surface area contributed by atoms with E-state index in [4.69, 9.17) is 18.9 Å². The summed E-state index contributed by atoms with van der Waals surface area (Å²) < 4.78 is 22.4. The fourth-order valence-electron chi connectivity index (χ4n) is 6.31. The minimum Gasteiger partial charge on any atom is -0.504 e. The standard InChI is InChI=1S/C33H48O11S2/c1-41-30-12-20(13-31(33(30)40)43-19-36)11-25-26(37)15-23(42-18-35)8-7-21-14-29(44-22-5-3-2-4-6-22)27(38)16-24(21)32(9-10-34)46-45-17-28(25)39/h12-14,16,22-23,25-26,28,32,34-40H,2-11,15,17-19H2,1H3/t23-,25-,26+,28+,32-/m0/s1. The van der Waals surface area contributed by atoms with Crippen molar-refractivity contribution in [3.8, 4) is 28.7 Å². The minimum absolute atomic E-state index is 0.0107. The molecule has 2 aromatic carbocycles. The zero-order chi connectivity index (χ0) is 33.1. The summed E-state index contributed by atoms with van der Waals surface area (Å²) in [7, 11) is 4.30. The van der Waals surface area contributed by atoms with Gasteiger partial charge in [-0.25, -0.2) is 0 Å². The molecule has 1 heterocycles. The fraction of sp³-hybridized carbons (Fsp3) is 0.636. The average molecular weight is 685 g/mol. The third-order valence-corrected chi connectivity index (χ3v) is 11.6. The summed E-state index contributed by atoms with van der Waals surface area (Å²) in [6.45, 7) is -1.27. The van der Waals surface area contributed by atoms with Crippen LogP contribution < -0.4 is 14.2 Å². The van der Waals surface area contributed by atoms with Crippen molar-refractivity contribution >= 4 is 21.6 Å². The van der Waals surface area contributed by atoms with Crippen molar-refractivity contribution < 1.29 is 54.7 Å². The van der Waals surface area contributed by atoms with Gasteiger partial charge in [-0.15, -0.1) is 0 Å². The summed E-state index contributed by atoms with van der Waals surface area (Å²) in [6.07, 6.45) is 4.43. The first-order valence-corrected chi connectivity index (χ1v) is 18.3. The molecule has 258 valence electrons. The third-order valence-electron chi connectivity index (χ3n) is 8.78. The summed E-state index contributed by atoms with van der Waals surface area (Å²) in [5, 5.41) is 73.1. The Morgan fingerprint density at radius 2 is 1.61 bits per heavy atom. The van der Waals surface area contributed by atoms with E-state index in [1.807, 2.05) is 6.07 Å². The van der Waals surface area contributed by atoms with Crippen LogP contribution in [0.3, 0.4) is 0 Å². The molecule has 0 saturated heterocycles. The Hall–Kier alpha value is -2.10. The van der Waals surface area contributed by atoms with Gasteiger partial charge in [-0.2, -0.15) is 0 Å². The molecule has 1 saturated carbocycles. The first-order chi connectivity index (χ1) is 22.3. The summed E-state index contributed by atoms with van der Waals surface area (Å²) in [4.78, 5) is 0. The highest BCUT2D eigenvalue weighted by Gasteiger charge is 2.32. The van der Waals surface area contributed by atoms with Gasteiger partial charge in [0.05, 0.1) is 31.5 Å². The van der Waals surface area contributed by atoms with Crippen LogP contribution in [-0.4, -0.2) is 93.2 Å². The maximum Gasteiger partial charge on any atom is 0.200 e. The van der Waals surface area contributed by atoms with Gasteiger partial charge in [-0.1, -0.05) is 28.0 Å². The molecule has 4 rings (SSSR count). The van der Waals surface area contributed by atoms with Crippen molar-refractivity contribution in [2.75, 3.05) is 33.1 Å². The van der Waals surface area contributed by atoms with Gasteiger partial charge in [0.25, 0.3) is 0 Å². The first-order valence-electron chi connectivity index (χ1n) is 15.9. The Morgan fingerprint density at radius 1 is 0.848 bits per heavy atom. The molecule has 1 aliphatic carbocycles. The van der Waals surface area contributed by atoms with E-state index in [1.165, 1.54) is 41.2 Å². The molecule has 0 bridgehead atoms. The summed E-state index contributed by atoms with van der Waals surface area (Å²) in [6, 6.07) is 6.73. The fourth-order valence-corrected chi connectivity index (χ4v) is 9.21. The normalized spacial score (nSPS) is 25.0. The smallest absolute Gasteiger partial charge is 0.200 e.